The van der Waals surface area contributed by atoms with Crippen molar-refractivity contribution in [3.05, 3.63) is 135 Å². The maximum atomic E-state index is 13.5. The lowest BCUT2D eigenvalue weighted by molar-refractivity contribution is 0.0692. The molecule has 0 unspecified atom stereocenters. The molecule has 4 rings (SSSR count). The molecule has 0 saturated heterocycles. The normalized spacial score (nSPS) is 10.7. The van der Waals surface area contributed by atoms with E-state index in [0.717, 1.165) is 5.56 Å². The first kappa shape index (κ1) is 23.6. The maximum absolute atomic E-state index is 13.5. The molecule has 0 atom stereocenters. The van der Waals surface area contributed by atoms with Crippen molar-refractivity contribution in [1.29, 1.82) is 0 Å². The smallest absolute Gasteiger partial charge is 0.335 e. The van der Waals surface area contributed by atoms with Crippen LogP contribution in [0.25, 0.3) is 0 Å². The Kier molecular flexibility index (Phi) is 7.11. The van der Waals surface area contributed by atoms with Crippen molar-refractivity contribution >= 4 is 11.9 Å². The molecule has 0 bridgehead atoms. The van der Waals surface area contributed by atoms with Gasteiger partial charge >= 0.3 is 5.97 Å². The first-order valence-electron chi connectivity index (χ1n) is 10.9. The Bertz CT molecular complexity index is 1380. The second kappa shape index (κ2) is 10.6. The van der Waals surface area contributed by atoms with E-state index in [4.69, 9.17) is 5.11 Å². The Balaban J connectivity index is 1.63. The van der Waals surface area contributed by atoms with Crippen molar-refractivity contribution < 1.29 is 19.1 Å². The molecule has 1 N–H and O–H groups in total. The van der Waals surface area contributed by atoms with Gasteiger partial charge < -0.3 is 14.6 Å². The van der Waals surface area contributed by atoms with Crippen LogP contribution < -0.4 is 5.56 Å². The van der Waals surface area contributed by atoms with E-state index < -0.39 is 17.4 Å². The van der Waals surface area contributed by atoms with Crippen LogP contribution >= 0.6 is 0 Å². The van der Waals surface area contributed by atoms with E-state index in [-0.39, 0.29) is 36.7 Å². The topological polar surface area (TPSA) is 92.5 Å². The summed E-state index contributed by atoms with van der Waals surface area (Å²) in [7, 11) is 0. The van der Waals surface area contributed by atoms with Gasteiger partial charge in [-0.15, -0.1) is 0 Å². The van der Waals surface area contributed by atoms with E-state index in [1.807, 2.05) is 30.3 Å². The van der Waals surface area contributed by atoms with Crippen LogP contribution in [-0.2, 0) is 19.6 Å². The second-order valence-corrected chi connectivity index (χ2v) is 7.98. The molecule has 1 amide bonds. The first-order valence-corrected chi connectivity index (χ1v) is 10.9. The minimum Gasteiger partial charge on any atom is -0.478 e. The number of hydrogen-bond donors (Lipinski definition) is 1. The summed E-state index contributed by atoms with van der Waals surface area (Å²) < 4.78 is 14.6. The molecule has 176 valence electrons. The summed E-state index contributed by atoms with van der Waals surface area (Å²) in [4.78, 5) is 43.4. The highest BCUT2D eigenvalue weighted by Gasteiger charge is 2.22. The third-order valence-electron chi connectivity index (χ3n) is 5.46. The van der Waals surface area contributed by atoms with Gasteiger partial charge in [-0.2, -0.15) is 0 Å². The van der Waals surface area contributed by atoms with Crippen molar-refractivity contribution in [2.75, 3.05) is 0 Å². The van der Waals surface area contributed by atoms with Gasteiger partial charge in [0, 0.05) is 25.5 Å². The van der Waals surface area contributed by atoms with Crippen molar-refractivity contribution in [3.63, 3.8) is 0 Å². The number of carboxylic acids is 1. The van der Waals surface area contributed by atoms with Crippen LogP contribution in [0.1, 0.15) is 37.5 Å². The van der Waals surface area contributed by atoms with Crippen LogP contribution in [0.2, 0.25) is 0 Å². The highest BCUT2D eigenvalue weighted by atomic mass is 19.1. The van der Waals surface area contributed by atoms with E-state index in [9.17, 15) is 18.8 Å². The number of aromatic nitrogens is 2. The summed E-state index contributed by atoms with van der Waals surface area (Å²) in [6, 6.07) is 21.3. The number of carbonyl (C=O) groups excluding carboxylic acids is 1. The van der Waals surface area contributed by atoms with E-state index in [1.54, 1.807) is 24.3 Å². The SMILES string of the molecule is O=C(O)c1ccc(CN(Cc2ccccc2)C(=O)c2nccn(Cc3ccc(F)cc3)c2=O)cc1. The number of nitrogens with zero attached hydrogens (tertiary/aromatic N) is 3. The Labute approximate surface area is 200 Å². The standard InChI is InChI=1S/C27H22FN3O4/c28-23-12-8-21(9-13-23)16-30-15-14-29-24(25(30)32)26(33)31(17-19-4-2-1-3-5-19)18-20-6-10-22(11-7-20)27(34)35/h1-15H,16-18H2,(H,34,35). The summed E-state index contributed by atoms with van der Waals surface area (Å²) in [5.41, 5.74) is 1.64. The number of amides is 1. The molecule has 3 aromatic carbocycles. The van der Waals surface area contributed by atoms with E-state index in [0.29, 0.717) is 11.1 Å². The predicted molar refractivity (Wildman–Crippen MR) is 127 cm³/mol. The Morgan fingerprint density at radius 2 is 1.46 bits per heavy atom. The maximum Gasteiger partial charge on any atom is 0.335 e. The van der Waals surface area contributed by atoms with Crippen LogP contribution in [0.15, 0.2) is 96.1 Å². The third kappa shape index (κ3) is 5.86. The summed E-state index contributed by atoms with van der Waals surface area (Å²) in [5.74, 6) is -1.96. The van der Waals surface area contributed by atoms with Gasteiger partial charge in [0.15, 0.2) is 5.69 Å². The minimum atomic E-state index is -1.04. The van der Waals surface area contributed by atoms with Gasteiger partial charge in [-0.25, -0.2) is 14.2 Å². The van der Waals surface area contributed by atoms with Gasteiger partial charge in [0.05, 0.1) is 12.1 Å². The molecular formula is C27H22FN3O4. The molecule has 0 spiro atoms. The Morgan fingerprint density at radius 1 is 0.857 bits per heavy atom. The lowest BCUT2D eigenvalue weighted by atomic mass is 10.1. The zero-order valence-corrected chi connectivity index (χ0v) is 18.7. The fourth-order valence-corrected chi connectivity index (χ4v) is 3.63. The molecule has 0 aliphatic rings. The highest BCUT2D eigenvalue weighted by molar-refractivity contribution is 5.92. The second-order valence-electron chi connectivity index (χ2n) is 7.98. The van der Waals surface area contributed by atoms with Gasteiger partial charge in [0.1, 0.15) is 5.82 Å². The molecule has 8 heteroatoms. The van der Waals surface area contributed by atoms with E-state index >= 15 is 0 Å². The lowest BCUT2D eigenvalue weighted by Gasteiger charge is -2.23. The first-order chi connectivity index (χ1) is 16.9. The van der Waals surface area contributed by atoms with Gasteiger partial charge in [-0.3, -0.25) is 9.59 Å². The lowest BCUT2D eigenvalue weighted by Crippen LogP contribution is -2.37. The van der Waals surface area contributed by atoms with Crippen LogP contribution in [0.3, 0.4) is 0 Å². The zero-order valence-electron chi connectivity index (χ0n) is 18.7. The molecular weight excluding hydrogens is 449 g/mol. The van der Waals surface area contributed by atoms with E-state index in [2.05, 4.69) is 4.98 Å². The van der Waals surface area contributed by atoms with Crippen molar-refractivity contribution in [1.82, 2.24) is 14.5 Å². The van der Waals surface area contributed by atoms with Crippen LogP contribution in [0, 0.1) is 5.82 Å². The van der Waals surface area contributed by atoms with E-state index in [1.165, 1.54) is 46.1 Å². The van der Waals surface area contributed by atoms with Crippen LogP contribution in [0.4, 0.5) is 4.39 Å². The quantitative estimate of drug-likeness (QED) is 0.420. The summed E-state index contributed by atoms with van der Waals surface area (Å²) in [6.45, 7) is 0.549. The average Bonchev–Trinajstić information content (AvgIpc) is 2.87. The molecule has 1 heterocycles. The van der Waals surface area contributed by atoms with Crippen LogP contribution in [0.5, 0.6) is 0 Å². The zero-order chi connectivity index (χ0) is 24.8. The van der Waals surface area contributed by atoms with Crippen LogP contribution in [-0.4, -0.2) is 31.4 Å². The molecule has 0 aliphatic carbocycles. The molecule has 0 fully saturated rings. The Hall–Kier alpha value is -4.59. The van der Waals surface area contributed by atoms with Crippen molar-refractivity contribution in [3.8, 4) is 0 Å². The minimum absolute atomic E-state index is 0.142. The summed E-state index contributed by atoms with van der Waals surface area (Å²) >= 11 is 0. The number of halogens is 1. The highest BCUT2D eigenvalue weighted by Crippen LogP contribution is 2.14. The number of hydrogen-bond acceptors (Lipinski definition) is 4. The van der Waals surface area contributed by atoms with Gasteiger partial charge in [0.2, 0.25) is 0 Å². The monoisotopic (exact) mass is 471 g/mol. The summed E-state index contributed by atoms with van der Waals surface area (Å²) in [5, 5.41) is 9.14. The van der Waals surface area contributed by atoms with Gasteiger partial charge in [-0.05, 0) is 41.0 Å². The third-order valence-corrected chi connectivity index (χ3v) is 5.46. The number of benzene rings is 3. The molecule has 35 heavy (non-hydrogen) atoms. The van der Waals surface area contributed by atoms with Crippen molar-refractivity contribution in [2.45, 2.75) is 19.6 Å². The largest absolute Gasteiger partial charge is 0.478 e. The fourth-order valence-electron chi connectivity index (χ4n) is 3.63. The number of rotatable bonds is 8. The molecule has 0 aliphatic heterocycles. The molecule has 7 nitrogen and oxygen atoms in total. The summed E-state index contributed by atoms with van der Waals surface area (Å²) in [6.07, 6.45) is 2.87. The van der Waals surface area contributed by atoms with Crippen molar-refractivity contribution in [2.24, 2.45) is 0 Å². The number of carbonyl (C=O) groups is 2. The fraction of sp³-hybridized carbons (Fsp3) is 0.111. The molecule has 1 aromatic heterocycles. The number of carboxylic acid groups (broad SMARTS) is 1. The predicted octanol–water partition coefficient (Wildman–Crippen LogP) is 3.97. The number of aromatic carboxylic acids is 1. The Morgan fingerprint density at radius 3 is 2.09 bits per heavy atom. The molecule has 4 aromatic rings. The van der Waals surface area contributed by atoms with Gasteiger partial charge in [-0.1, -0.05) is 54.6 Å². The average molecular weight is 471 g/mol. The van der Waals surface area contributed by atoms with Gasteiger partial charge in [0.25, 0.3) is 11.5 Å². The molecule has 0 radical (unpaired) electrons. The molecule has 0 saturated carbocycles.